The van der Waals surface area contributed by atoms with Crippen LogP contribution in [0, 0.1) is 5.82 Å². The molecule has 2 rings (SSSR count). The summed E-state index contributed by atoms with van der Waals surface area (Å²) >= 11 is 5.78. The normalized spacial score (nSPS) is 11.2. The first-order valence-corrected chi connectivity index (χ1v) is 8.12. The van der Waals surface area contributed by atoms with Crippen LogP contribution in [0.15, 0.2) is 41.6 Å². The fourth-order valence-electron chi connectivity index (χ4n) is 1.52. The van der Waals surface area contributed by atoms with Crippen molar-refractivity contribution in [3.05, 3.63) is 53.1 Å². The molecule has 0 spiro atoms. The maximum absolute atomic E-state index is 13.0. The van der Waals surface area contributed by atoms with Gasteiger partial charge in [0, 0.05) is 22.6 Å². The smallest absolute Gasteiger partial charge is 0.262 e. The number of carbonyl (C=O) groups excluding carboxylic acids is 1. The van der Waals surface area contributed by atoms with E-state index < -0.39 is 20.8 Å². The first-order valence-electron chi connectivity index (χ1n) is 5.43. The molecular weight excluding hydrogens is 342 g/mol. The third-order valence-electron chi connectivity index (χ3n) is 2.42. The Bertz CT molecular complexity index is 812. The fraction of sp³-hybridized carbons (Fsp3) is 0. The monoisotopic (exact) mass is 348 g/mol. The first kappa shape index (κ1) is 15.7. The lowest BCUT2D eigenvalue weighted by molar-refractivity contribution is 0.102. The largest absolute Gasteiger partial charge is 0.322 e. The first-order chi connectivity index (χ1) is 9.77. The Morgan fingerprint density at radius 1 is 1.24 bits per heavy atom. The molecule has 21 heavy (non-hydrogen) atoms. The summed E-state index contributed by atoms with van der Waals surface area (Å²) in [5, 5.41) is 2.30. The quantitative estimate of drug-likeness (QED) is 0.864. The molecule has 1 N–H and O–H groups in total. The van der Waals surface area contributed by atoms with Gasteiger partial charge in [-0.15, -0.1) is 0 Å². The van der Waals surface area contributed by atoms with Crippen molar-refractivity contribution in [1.29, 1.82) is 0 Å². The molecule has 1 aromatic carbocycles. The number of nitrogens with zero attached hydrogens (tertiary/aromatic N) is 1. The van der Waals surface area contributed by atoms with Crippen LogP contribution in [-0.2, 0) is 9.05 Å². The van der Waals surface area contributed by atoms with Crippen molar-refractivity contribution in [2.45, 2.75) is 4.90 Å². The molecule has 0 aliphatic rings. The number of pyridine rings is 1. The SMILES string of the molecule is O=C(Nc1ccc(S(=O)(=O)Cl)c(Cl)c1)c1cncc(F)c1. The summed E-state index contributed by atoms with van der Waals surface area (Å²) in [4.78, 5) is 15.1. The number of hydrogen-bond acceptors (Lipinski definition) is 4. The van der Waals surface area contributed by atoms with E-state index in [1.165, 1.54) is 18.3 Å². The average Bonchev–Trinajstić information content (AvgIpc) is 2.37. The van der Waals surface area contributed by atoms with E-state index in [9.17, 15) is 17.6 Å². The van der Waals surface area contributed by atoms with Crippen molar-refractivity contribution in [2.24, 2.45) is 0 Å². The van der Waals surface area contributed by atoms with E-state index in [2.05, 4.69) is 10.3 Å². The van der Waals surface area contributed by atoms with E-state index in [-0.39, 0.29) is 21.2 Å². The summed E-state index contributed by atoms with van der Waals surface area (Å²) in [6, 6.07) is 4.71. The molecule has 1 aromatic heterocycles. The summed E-state index contributed by atoms with van der Waals surface area (Å²) in [7, 11) is 1.22. The molecule has 0 fully saturated rings. The van der Waals surface area contributed by atoms with Gasteiger partial charge in [-0.1, -0.05) is 11.6 Å². The molecule has 0 radical (unpaired) electrons. The number of carbonyl (C=O) groups is 1. The number of nitrogens with one attached hydrogen (secondary N) is 1. The van der Waals surface area contributed by atoms with E-state index in [1.807, 2.05) is 0 Å². The summed E-state index contributed by atoms with van der Waals surface area (Å²) in [6.07, 6.45) is 2.16. The number of rotatable bonds is 3. The third kappa shape index (κ3) is 3.90. The minimum absolute atomic E-state index is 0.0140. The van der Waals surface area contributed by atoms with E-state index in [4.69, 9.17) is 22.3 Å². The number of halogens is 3. The molecule has 0 aliphatic carbocycles. The molecule has 2 aromatic rings. The van der Waals surface area contributed by atoms with E-state index in [0.717, 1.165) is 18.3 Å². The van der Waals surface area contributed by atoms with Gasteiger partial charge in [0.25, 0.3) is 15.0 Å². The molecule has 110 valence electrons. The van der Waals surface area contributed by atoms with Crippen LogP contribution in [0.25, 0.3) is 0 Å². The highest BCUT2D eigenvalue weighted by Gasteiger charge is 2.16. The van der Waals surface area contributed by atoms with Crippen LogP contribution < -0.4 is 5.32 Å². The molecule has 0 atom stereocenters. The van der Waals surface area contributed by atoms with Gasteiger partial charge >= 0.3 is 0 Å². The maximum atomic E-state index is 13.0. The van der Waals surface area contributed by atoms with Gasteiger partial charge in [0.05, 0.1) is 16.8 Å². The maximum Gasteiger partial charge on any atom is 0.262 e. The van der Waals surface area contributed by atoms with Gasteiger partial charge in [-0.2, -0.15) is 0 Å². The second-order valence-electron chi connectivity index (χ2n) is 3.93. The lowest BCUT2D eigenvalue weighted by Crippen LogP contribution is -2.12. The van der Waals surface area contributed by atoms with E-state index >= 15 is 0 Å². The molecule has 0 saturated carbocycles. The van der Waals surface area contributed by atoms with Crippen molar-refractivity contribution in [1.82, 2.24) is 4.98 Å². The minimum Gasteiger partial charge on any atom is -0.322 e. The van der Waals surface area contributed by atoms with Gasteiger partial charge in [0.1, 0.15) is 10.7 Å². The summed E-state index contributed by atoms with van der Waals surface area (Å²) < 4.78 is 35.3. The van der Waals surface area contributed by atoms with Gasteiger partial charge < -0.3 is 5.32 Å². The summed E-state index contributed by atoms with van der Waals surface area (Å²) in [6.45, 7) is 0. The number of aromatic nitrogens is 1. The van der Waals surface area contributed by atoms with Crippen LogP contribution in [0.1, 0.15) is 10.4 Å². The Morgan fingerprint density at radius 3 is 2.52 bits per heavy atom. The van der Waals surface area contributed by atoms with Crippen LogP contribution in [0.3, 0.4) is 0 Å². The zero-order valence-corrected chi connectivity index (χ0v) is 12.5. The van der Waals surface area contributed by atoms with Crippen molar-refractivity contribution in [3.8, 4) is 0 Å². The topological polar surface area (TPSA) is 76.1 Å². The van der Waals surface area contributed by atoms with Gasteiger partial charge in [-0.3, -0.25) is 9.78 Å². The third-order valence-corrected chi connectivity index (χ3v) is 4.22. The molecule has 0 unspecified atom stereocenters. The van der Waals surface area contributed by atoms with Gasteiger partial charge in [0.2, 0.25) is 0 Å². The Morgan fingerprint density at radius 2 is 1.95 bits per heavy atom. The highest BCUT2D eigenvalue weighted by molar-refractivity contribution is 8.13. The molecule has 1 heterocycles. The number of hydrogen-bond donors (Lipinski definition) is 1. The molecule has 0 bridgehead atoms. The van der Waals surface area contributed by atoms with Crippen molar-refractivity contribution >= 4 is 42.9 Å². The Kier molecular flexibility index (Phi) is 4.46. The Hall–Kier alpha value is -1.70. The zero-order chi connectivity index (χ0) is 15.6. The minimum atomic E-state index is -3.97. The zero-order valence-electron chi connectivity index (χ0n) is 10.2. The molecule has 0 aliphatic heterocycles. The molecule has 5 nitrogen and oxygen atoms in total. The lowest BCUT2D eigenvalue weighted by atomic mass is 10.2. The molecule has 1 amide bonds. The second-order valence-corrected chi connectivity index (χ2v) is 6.87. The van der Waals surface area contributed by atoms with Crippen molar-refractivity contribution in [2.75, 3.05) is 5.32 Å². The summed E-state index contributed by atoms with van der Waals surface area (Å²) in [5.41, 5.74) is 0.249. The predicted octanol–water partition coefficient (Wildman–Crippen LogP) is 3.05. The van der Waals surface area contributed by atoms with Crippen LogP contribution in [0.4, 0.5) is 10.1 Å². The highest BCUT2D eigenvalue weighted by atomic mass is 35.7. The van der Waals surface area contributed by atoms with E-state index in [1.54, 1.807) is 0 Å². The Labute approximate surface area is 129 Å². The highest BCUT2D eigenvalue weighted by Crippen LogP contribution is 2.27. The molecule has 0 saturated heterocycles. The average molecular weight is 349 g/mol. The second kappa shape index (κ2) is 5.97. The van der Waals surface area contributed by atoms with Gasteiger partial charge in [-0.05, 0) is 24.3 Å². The van der Waals surface area contributed by atoms with E-state index in [0.29, 0.717) is 0 Å². The molecular formula is C12H7Cl2FN2O3S. The van der Waals surface area contributed by atoms with Crippen LogP contribution >= 0.6 is 22.3 Å². The van der Waals surface area contributed by atoms with Crippen molar-refractivity contribution in [3.63, 3.8) is 0 Å². The van der Waals surface area contributed by atoms with Gasteiger partial charge in [-0.25, -0.2) is 12.8 Å². The van der Waals surface area contributed by atoms with Gasteiger partial charge in [0.15, 0.2) is 0 Å². The Balaban J connectivity index is 2.25. The van der Waals surface area contributed by atoms with Crippen molar-refractivity contribution < 1.29 is 17.6 Å². The summed E-state index contributed by atoms with van der Waals surface area (Å²) in [5.74, 6) is -1.26. The molecule has 9 heteroatoms. The standard InChI is InChI=1S/C12H7Cl2FN2O3S/c13-10-4-9(1-2-11(10)21(14,19)20)17-12(18)7-3-8(15)6-16-5-7/h1-6H,(H,17,18). The van der Waals surface area contributed by atoms with Crippen LogP contribution in [-0.4, -0.2) is 19.3 Å². The van der Waals surface area contributed by atoms with Crippen LogP contribution in [0.5, 0.6) is 0 Å². The lowest BCUT2D eigenvalue weighted by Gasteiger charge is -2.07. The number of amides is 1. The fourth-order valence-corrected chi connectivity index (χ4v) is 3.05. The number of benzene rings is 1. The predicted molar refractivity (Wildman–Crippen MR) is 76.6 cm³/mol. The van der Waals surface area contributed by atoms with Crippen LogP contribution in [0.2, 0.25) is 5.02 Å². The number of anilines is 1.